The van der Waals surface area contributed by atoms with E-state index in [9.17, 15) is 19.8 Å². The second kappa shape index (κ2) is 37.7. The number of terminal acetylenes is 1. The van der Waals surface area contributed by atoms with Gasteiger partial charge in [0, 0.05) is 63.3 Å². The molecule has 5 aliphatic carbocycles. The highest BCUT2D eigenvalue weighted by molar-refractivity contribution is 9.11. The van der Waals surface area contributed by atoms with Crippen LogP contribution in [0.25, 0.3) is 0 Å². The molecule has 0 unspecified atom stereocenters. The van der Waals surface area contributed by atoms with E-state index in [0.29, 0.717) is 91.3 Å². The minimum atomic E-state index is -2.10. The van der Waals surface area contributed by atoms with Crippen molar-refractivity contribution in [1.82, 2.24) is 0 Å². The third kappa shape index (κ3) is 23.0. The molecule has 17 heteroatoms. The van der Waals surface area contributed by atoms with Crippen molar-refractivity contribution in [1.29, 1.82) is 0 Å². The van der Waals surface area contributed by atoms with Crippen molar-refractivity contribution in [2.75, 3.05) is 26.4 Å². The fraction of sp³-hybridized carbons (Fsp3) is 0.775. The minimum Gasteiger partial charge on any atom is -0.459 e. The molecule has 0 aromatic carbocycles. The van der Waals surface area contributed by atoms with Crippen molar-refractivity contribution >= 4 is 52.8 Å². The van der Waals surface area contributed by atoms with E-state index in [1.54, 1.807) is 5.57 Å². The zero-order valence-electron chi connectivity index (χ0n) is 64.7. The van der Waals surface area contributed by atoms with E-state index in [-0.39, 0.29) is 74.3 Å². The second-order valence-electron chi connectivity index (χ2n) is 34.3. The molecule has 3 N–H and O–H groups in total. The normalized spacial score (nSPS) is 30.6. The summed E-state index contributed by atoms with van der Waals surface area (Å²) in [6.45, 7) is 65.0. The van der Waals surface area contributed by atoms with Crippen LogP contribution in [0.5, 0.6) is 0 Å². The van der Waals surface area contributed by atoms with Gasteiger partial charge in [-0.15, -0.1) is 18.9 Å². The third-order valence-corrected chi connectivity index (χ3v) is 38.6. The molecule has 7 fully saturated rings. The van der Waals surface area contributed by atoms with Crippen LogP contribution in [0, 0.1) is 58.7 Å². The van der Waals surface area contributed by atoms with Gasteiger partial charge < -0.3 is 47.5 Å². The summed E-state index contributed by atoms with van der Waals surface area (Å²) < 4.78 is 43.3. The SMILES string of the molecule is C#CC[C@@H](O[Si](C)(C)C(C)(C)C)[C@H](OCCCO[Si](C)(C)C(C)(C)C)[C@@H](C=C)O[Si](C)(C)C(C)(C)C.C=C1C[C@H](C[C@@H](C)[C@H]2CC[C@H]3/C(=C/Br)CCC[C@]23C)OC1=O.C=C1C[C@H](C[C@@H](C)[C@H]2CC[C@H]3/C(=C/C=C4/C[C@@H](O)[C@H](OCCCO)[C@H](O)C4=C)CCC[C@]23C)OC1=O.CC.F. The molecule has 0 spiro atoms. The van der Waals surface area contributed by atoms with E-state index in [0.717, 1.165) is 55.9 Å². The molecular weight excluding hydrogens is 1340 g/mol. The van der Waals surface area contributed by atoms with Crippen LogP contribution in [-0.2, 0) is 41.8 Å². The lowest BCUT2D eigenvalue weighted by atomic mass is 9.60. The van der Waals surface area contributed by atoms with E-state index in [4.69, 9.17) is 43.8 Å². The van der Waals surface area contributed by atoms with Crippen LogP contribution in [0.4, 0.5) is 4.70 Å². The van der Waals surface area contributed by atoms with Crippen molar-refractivity contribution in [3.63, 3.8) is 0 Å². The summed E-state index contributed by atoms with van der Waals surface area (Å²) in [5, 5.41) is 30.6. The van der Waals surface area contributed by atoms with E-state index < -0.39 is 43.3 Å². The van der Waals surface area contributed by atoms with Crippen LogP contribution in [0.1, 0.15) is 219 Å². The van der Waals surface area contributed by atoms with Crippen molar-refractivity contribution in [3.8, 4) is 12.3 Å². The molecule has 0 radical (unpaired) electrons. The third-order valence-electron chi connectivity index (χ3n) is 24.5. The van der Waals surface area contributed by atoms with Crippen LogP contribution < -0.4 is 0 Å². The topological polar surface area (TPSA) is 159 Å². The summed E-state index contributed by atoms with van der Waals surface area (Å²) in [7, 11) is -5.97. The molecule has 556 valence electrons. The Hall–Kier alpha value is -2.58. The first-order chi connectivity index (χ1) is 44.5. The fourth-order valence-corrected chi connectivity index (χ4v) is 20.1. The van der Waals surface area contributed by atoms with Crippen molar-refractivity contribution < 1.29 is 61.8 Å². The van der Waals surface area contributed by atoms with Crippen LogP contribution in [0.15, 0.2) is 83.0 Å². The maximum Gasteiger partial charge on any atom is 0.333 e. The zero-order chi connectivity index (χ0) is 72.7. The smallest absolute Gasteiger partial charge is 0.333 e. The molecule has 16 atom stereocenters. The molecule has 7 rings (SSSR count). The first kappa shape index (κ1) is 88.6. The molecular formula is C80H138BrFO12Si3. The number of hydrogen-bond acceptors (Lipinski definition) is 12. The first-order valence-corrected chi connectivity index (χ1v) is 46.6. The number of halogens is 2. The van der Waals surface area contributed by atoms with Crippen LogP contribution in [0.3, 0.4) is 0 Å². The number of carbonyl (C=O) groups excluding carboxylic acids is 2. The van der Waals surface area contributed by atoms with Gasteiger partial charge in [0.1, 0.15) is 30.5 Å². The summed E-state index contributed by atoms with van der Waals surface area (Å²) >= 11 is 3.58. The maximum absolute atomic E-state index is 11.8. The Morgan fingerprint density at radius 1 is 0.701 bits per heavy atom. The lowest BCUT2D eigenvalue weighted by Gasteiger charge is -2.45. The van der Waals surface area contributed by atoms with E-state index in [2.05, 4.69) is 195 Å². The van der Waals surface area contributed by atoms with Crippen LogP contribution in [0.2, 0.25) is 54.4 Å². The molecule has 97 heavy (non-hydrogen) atoms. The molecule has 5 saturated carbocycles. The summed E-state index contributed by atoms with van der Waals surface area (Å²) in [4.78, 5) is 25.5. The molecule has 12 nitrogen and oxygen atoms in total. The molecule has 0 aromatic rings. The summed E-state index contributed by atoms with van der Waals surface area (Å²) in [5.41, 5.74) is 6.47. The highest BCUT2D eigenvalue weighted by Crippen LogP contribution is 2.62. The number of carbonyl (C=O) groups is 2. The average molecular weight is 1480 g/mol. The number of aliphatic hydroxyl groups excluding tert-OH is 3. The van der Waals surface area contributed by atoms with Crippen molar-refractivity contribution in [3.05, 3.63) is 83.0 Å². The maximum atomic E-state index is 11.8. The number of allylic oxidation sites excluding steroid dienone is 4. The highest BCUT2D eigenvalue weighted by Gasteiger charge is 2.53. The standard InChI is InChI=1S/C30H44O6.C29H60O4Si3.C19H27BrO2.C2H6.FH/c1-18(15-23-16-19(2)29(34)36-23)24-10-11-25-21(7-5-12-30(24,25)4)8-9-22-17-26(32)28(27(33)20(22)3)35-14-6-13-31;1-18-21-25(33-36(16,17)29(9,10)11)26(24(19-2)32-35(14,15)28(6,7)8)30-22-20-23-31-34(12,13)27(3,4)5;1-12(9-15-10-13(2)18(21)22-15)16-6-7-17-14(11-20)5-4-8-19(16,17)3;1-2;/h8-9,18,23-28,31-33H,2-3,5-7,10-17H2,1,4H3;1,19,24-26H,2,20-23H2,3-17H3;11-12,15-17H,2,4-10H2,1,3H3;1-2H3;1H/b21-8+,22-9-;;14-11+;;/t18-,23+,24-,25+,26-,27-,28+,30-;24-,25-,26-;12-,15+,16-,17+,19-;;/m111../s1. The largest absolute Gasteiger partial charge is 0.459 e. The minimum absolute atomic E-state index is 0. The molecule has 0 aromatic heterocycles. The monoisotopic (exact) mass is 1470 g/mol. The average Bonchev–Trinajstić information content (AvgIpc) is 1.63. The van der Waals surface area contributed by atoms with Gasteiger partial charge in [-0.25, -0.2) is 9.59 Å². The number of rotatable bonds is 25. The van der Waals surface area contributed by atoms with Gasteiger partial charge in [-0.3, -0.25) is 4.70 Å². The predicted octanol–water partition coefficient (Wildman–Crippen LogP) is 19.7. The van der Waals surface area contributed by atoms with E-state index in [1.165, 1.54) is 56.9 Å². The Morgan fingerprint density at radius 3 is 1.61 bits per heavy atom. The number of hydrogen-bond donors (Lipinski definition) is 3. The van der Waals surface area contributed by atoms with Crippen molar-refractivity contribution in [2.45, 2.75) is 323 Å². The molecule has 0 bridgehead atoms. The van der Waals surface area contributed by atoms with Gasteiger partial charge in [0.15, 0.2) is 25.0 Å². The van der Waals surface area contributed by atoms with Crippen molar-refractivity contribution in [2.24, 2.45) is 46.3 Å². The summed E-state index contributed by atoms with van der Waals surface area (Å²) in [5.74, 6) is 6.12. The van der Waals surface area contributed by atoms with E-state index >= 15 is 0 Å². The van der Waals surface area contributed by atoms with E-state index in [1.807, 2.05) is 19.9 Å². The Balaban J connectivity index is 0.000000382. The van der Waals surface area contributed by atoms with Gasteiger partial charge in [0.25, 0.3) is 0 Å². The quantitative estimate of drug-likeness (QED) is 0.0199. The first-order valence-electron chi connectivity index (χ1n) is 37.0. The van der Waals surface area contributed by atoms with Crippen LogP contribution >= 0.6 is 15.9 Å². The van der Waals surface area contributed by atoms with Gasteiger partial charge >= 0.3 is 11.9 Å². The van der Waals surface area contributed by atoms with Gasteiger partial charge in [-0.2, -0.15) is 0 Å². The second-order valence-corrected chi connectivity index (χ2v) is 49.0. The lowest BCUT2D eigenvalue weighted by Crippen LogP contribution is -2.53. The summed E-state index contributed by atoms with van der Waals surface area (Å²) in [6, 6.07) is 0. The predicted molar refractivity (Wildman–Crippen MR) is 411 cm³/mol. The number of aliphatic hydroxyl groups is 3. The number of fused-ring (bicyclic) bond motifs is 2. The number of ether oxygens (including phenoxy) is 4. The van der Waals surface area contributed by atoms with Gasteiger partial charge in [-0.1, -0.05) is 169 Å². The Labute approximate surface area is 601 Å². The van der Waals surface area contributed by atoms with Gasteiger partial charge in [-0.05, 0) is 207 Å². The molecule has 2 aliphatic heterocycles. The zero-order valence-corrected chi connectivity index (χ0v) is 69.2. The Kier molecular flexibility index (Phi) is 34.5. The number of cyclic esters (lactones) is 2. The molecule has 2 heterocycles. The molecule has 2 saturated heterocycles. The summed E-state index contributed by atoms with van der Waals surface area (Å²) in [6.07, 6.45) is 26.5. The Morgan fingerprint density at radius 2 is 1.18 bits per heavy atom. The van der Waals surface area contributed by atoms with Gasteiger partial charge in [0.2, 0.25) is 0 Å². The number of esters is 2. The van der Waals surface area contributed by atoms with Crippen LogP contribution in [-0.4, -0.2) is 127 Å². The lowest BCUT2D eigenvalue weighted by molar-refractivity contribution is -0.140. The molecule has 0 amide bonds. The Bertz CT molecular complexity index is 2700. The highest BCUT2D eigenvalue weighted by atomic mass is 79.9. The van der Waals surface area contributed by atoms with Gasteiger partial charge in [0.05, 0.1) is 18.3 Å². The fourth-order valence-electron chi connectivity index (χ4n) is 15.9. The molecule has 7 aliphatic rings.